The van der Waals surface area contributed by atoms with Crippen LogP contribution in [0.1, 0.15) is 19.8 Å². The molecular formula is C17H24N2O3. The highest BCUT2D eigenvalue weighted by Crippen LogP contribution is 2.30. The molecule has 0 spiro atoms. The Labute approximate surface area is 131 Å². The van der Waals surface area contributed by atoms with Gasteiger partial charge in [0.25, 0.3) is 0 Å². The lowest BCUT2D eigenvalue weighted by Crippen LogP contribution is -2.46. The average molecular weight is 304 g/mol. The second kappa shape index (κ2) is 7.01. The molecule has 0 bridgehead atoms. The summed E-state index contributed by atoms with van der Waals surface area (Å²) in [5, 5.41) is 2.96. The van der Waals surface area contributed by atoms with E-state index < -0.39 is 0 Å². The van der Waals surface area contributed by atoms with Crippen molar-refractivity contribution in [2.45, 2.75) is 25.9 Å². The third kappa shape index (κ3) is 3.91. The van der Waals surface area contributed by atoms with Gasteiger partial charge in [-0.15, -0.1) is 0 Å². The van der Waals surface area contributed by atoms with E-state index >= 15 is 0 Å². The highest BCUT2D eigenvalue weighted by atomic mass is 16.6. The zero-order chi connectivity index (χ0) is 15.4. The number of hydrogen-bond donors (Lipinski definition) is 1. The molecule has 120 valence electrons. The average Bonchev–Trinajstić information content (AvgIpc) is 2.53. The number of likely N-dealkylation sites (tertiary alicyclic amines) is 1. The first-order valence-electron chi connectivity index (χ1n) is 8.08. The molecule has 3 rings (SSSR count). The summed E-state index contributed by atoms with van der Waals surface area (Å²) in [6.07, 6.45) is 2.33. The van der Waals surface area contributed by atoms with Crippen LogP contribution < -0.4 is 14.8 Å². The Morgan fingerprint density at radius 2 is 2.18 bits per heavy atom. The first kappa shape index (κ1) is 15.2. The van der Waals surface area contributed by atoms with Gasteiger partial charge in [0.05, 0.1) is 13.1 Å². The van der Waals surface area contributed by atoms with Crippen molar-refractivity contribution in [3.63, 3.8) is 0 Å². The molecule has 1 aromatic carbocycles. The molecule has 0 unspecified atom stereocenters. The Hall–Kier alpha value is -1.75. The molecule has 2 aliphatic rings. The summed E-state index contributed by atoms with van der Waals surface area (Å²) in [6, 6.07) is 7.62. The third-order valence-corrected chi connectivity index (χ3v) is 4.20. The maximum absolute atomic E-state index is 12.1. The fourth-order valence-electron chi connectivity index (χ4n) is 3.08. The number of rotatable bonds is 4. The molecule has 2 heterocycles. The van der Waals surface area contributed by atoms with Crippen molar-refractivity contribution in [1.29, 1.82) is 0 Å². The van der Waals surface area contributed by atoms with E-state index in [9.17, 15) is 4.79 Å². The maximum atomic E-state index is 12.1. The lowest BCUT2D eigenvalue weighted by atomic mass is 10.0. The number of benzene rings is 1. The van der Waals surface area contributed by atoms with E-state index in [4.69, 9.17) is 9.47 Å². The fourth-order valence-corrected chi connectivity index (χ4v) is 3.08. The van der Waals surface area contributed by atoms with Crippen LogP contribution in [-0.2, 0) is 4.79 Å². The molecule has 1 aromatic rings. The van der Waals surface area contributed by atoms with Crippen molar-refractivity contribution in [2.24, 2.45) is 5.92 Å². The van der Waals surface area contributed by atoms with Crippen LogP contribution in [0.3, 0.4) is 0 Å². The predicted octanol–water partition coefficient (Wildman–Crippen LogP) is 1.67. The molecule has 0 saturated carbocycles. The number of nitrogens with one attached hydrogen (secondary N) is 1. The monoisotopic (exact) mass is 304 g/mol. The van der Waals surface area contributed by atoms with Gasteiger partial charge in [0, 0.05) is 6.54 Å². The van der Waals surface area contributed by atoms with Gasteiger partial charge in [-0.2, -0.15) is 0 Å². The molecule has 2 aliphatic heterocycles. The summed E-state index contributed by atoms with van der Waals surface area (Å²) >= 11 is 0. The number of ether oxygens (including phenoxy) is 2. The third-order valence-electron chi connectivity index (χ3n) is 4.20. The molecule has 1 saturated heterocycles. The van der Waals surface area contributed by atoms with Crippen molar-refractivity contribution in [3.8, 4) is 11.5 Å². The minimum absolute atomic E-state index is 0.0663. The lowest BCUT2D eigenvalue weighted by Gasteiger charge is -2.30. The second-order valence-corrected chi connectivity index (χ2v) is 6.28. The zero-order valence-electron chi connectivity index (χ0n) is 13.1. The number of para-hydroxylation sites is 2. The molecule has 5 nitrogen and oxygen atoms in total. The second-order valence-electron chi connectivity index (χ2n) is 6.28. The number of carbonyl (C=O) groups excluding carboxylic acids is 1. The first-order valence-corrected chi connectivity index (χ1v) is 8.08. The topological polar surface area (TPSA) is 50.8 Å². The summed E-state index contributed by atoms with van der Waals surface area (Å²) in [5.41, 5.74) is 0. The summed E-state index contributed by atoms with van der Waals surface area (Å²) in [7, 11) is 0. The van der Waals surface area contributed by atoms with Crippen LogP contribution in [0.2, 0.25) is 0 Å². The van der Waals surface area contributed by atoms with Crippen LogP contribution in [-0.4, -0.2) is 49.7 Å². The van der Waals surface area contributed by atoms with Gasteiger partial charge in [0.1, 0.15) is 12.7 Å². The summed E-state index contributed by atoms with van der Waals surface area (Å²) in [4.78, 5) is 14.3. The van der Waals surface area contributed by atoms with E-state index in [2.05, 4.69) is 17.1 Å². The van der Waals surface area contributed by atoms with Crippen LogP contribution in [0.15, 0.2) is 24.3 Å². The standard InChI is InChI=1S/C17H24N2O3/c1-13-5-4-8-19(10-13)11-17(20)18-9-14-12-21-15-6-2-3-7-16(15)22-14/h2-3,6-7,13-14H,4-5,8-12H2,1H3,(H,18,20)/t13-,14-/m1/s1. The van der Waals surface area contributed by atoms with Crippen molar-refractivity contribution in [2.75, 3.05) is 32.8 Å². The van der Waals surface area contributed by atoms with Gasteiger partial charge in [0.15, 0.2) is 11.5 Å². The van der Waals surface area contributed by atoms with Crippen molar-refractivity contribution < 1.29 is 14.3 Å². The minimum atomic E-state index is -0.126. The molecule has 0 aliphatic carbocycles. The van der Waals surface area contributed by atoms with E-state index in [-0.39, 0.29) is 12.0 Å². The summed E-state index contributed by atoms with van der Waals surface area (Å²) in [5.74, 6) is 2.27. The van der Waals surface area contributed by atoms with Gasteiger partial charge in [-0.05, 0) is 37.4 Å². The highest BCUT2D eigenvalue weighted by molar-refractivity contribution is 5.78. The number of fused-ring (bicyclic) bond motifs is 1. The summed E-state index contributed by atoms with van der Waals surface area (Å²) < 4.78 is 11.5. The van der Waals surface area contributed by atoms with Crippen LogP contribution in [0.4, 0.5) is 0 Å². The van der Waals surface area contributed by atoms with Crippen LogP contribution in [0.5, 0.6) is 11.5 Å². The largest absolute Gasteiger partial charge is 0.486 e. The van der Waals surface area contributed by atoms with Gasteiger partial charge in [-0.25, -0.2) is 0 Å². The molecule has 0 radical (unpaired) electrons. The van der Waals surface area contributed by atoms with E-state index in [0.29, 0.717) is 25.6 Å². The number of carbonyl (C=O) groups is 1. The predicted molar refractivity (Wildman–Crippen MR) is 84.2 cm³/mol. The van der Waals surface area contributed by atoms with Crippen LogP contribution >= 0.6 is 0 Å². The van der Waals surface area contributed by atoms with Crippen LogP contribution in [0, 0.1) is 5.92 Å². The normalized spacial score (nSPS) is 24.8. The van der Waals surface area contributed by atoms with Crippen molar-refractivity contribution >= 4 is 5.91 Å². The summed E-state index contributed by atoms with van der Waals surface area (Å²) in [6.45, 7) is 5.72. The van der Waals surface area contributed by atoms with E-state index in [1.807, 2.05) is 24.3 Å². The van der Waals surface area contributed by atoms with Gasteiger partial charge in [-0.3, -0.25) is 9.69 Å². The van der Waals surface area contributed by atoms with E-state index in [0.717, 1.165) is 24.6 Å². The van der Waals surface area contributed by atoms with Crippen LogP contribution in [0.25, 0.3) is 0 Å². The van der Waals surface area contributed by atoms with Gasteiger partial charge in [0.2, 0.25) is 5.91 Å². The Kier molecular flexibility index (Phi) is 4.83. The zero-order valence-corrected chi connectivity index (χ0v) is 13.1. The molecule has 1 fully saturated rings. The Morgan fingerprint density at radius 1 is 1.36 bits per heavy atom. The maximum Gasteiger partial charge on any atom is 0.234 e. The first-order chi connectivity index (χ1) is 10.7. The van der Waals surface area contributed by atoms with Crippen molar-refractivity contribution in [3.05, 3.63) is 24.3 Å². The Balaban J connectivity index is 1.42. The quantitative estimate of drug-likeness (QED) is 0.919. The number of hydrogen-bond acceptors (Lipinski definition) is 4. The van der Waals surface area contributed by atoms with E-state index in [1.165, 1.54) is 12.8 Å². The number of piperidine rings is 1. The van der Waals surface area contributed by atoms with Crippen molar-refractivity contribution in [1.82, 2.24) is 10.2 Å². The molecular weight excluding hydrogens is 280 g/mol. The molecule has 0 aromatic heterocycles. The Bertz CT molecular complexity index is 520. The smallest absolute Gasteiger partial charge is 0.234 e. The number of nitrogens with zero attached hydrogens (tertiary/aromatic N) is 1. The minimum Gasteiger partial charge on any atom is -0.486 e. The van der Waals surface area contributed by atoms with E-state index in [1.54, 1.807) is 0 Å². The highest BCUT2D eigenvalue weighted by Gasteiger charge is 2.22. The van der Waals surface area contributed by atoms with Gasteiger partial charge >= 0.3 is 0 Å². The SMILES string of the molecule is C[C@@H]1CCCN(CC(=O)NC[C@@H]2COc3ccccc3O2)C1. The molecule has 22 heavy (non-hydrogen) atoms. The molecule has 1 amide bonds. The molecule has 2 atom stereocenters. The van der Waals surface area contributed by atoms with Gasteiger partial charge < -0.3 is 14.8 Å². The Morgan fingerprint density at radius 3 is 3.00 bits per heavy atom. The number of amides is 1. The van der Waals surface area contributed by atoms with Gasteiger partial charge in [-0.1, -0.05) is 19.1 Å². The molecule has 5 heteroatoms. The lowest BCUT2D eigenvalue weighted by molar-refractivity contribution is -0.123. The fraction of sp³-hybridized carbons (Fsp3) is 0.588. The molecule has 1 N–H and O–H groups in total.